The minimum Gasteiger partial charge on any atom is -0.368 e. The number of piperidine rings is 1. The number of nitrogens with one attached hydrogen (secondary N) is 2. The first-order valence-corrected chi connectivity index (χ1v) is 9.77. The first kappa shape index (κ1) is 18.7. The fraction of sp³-hybridized carbons (Fsp3) is 0.600. The van der Waals surface area contributed by atoms with Crippen LogP contribution in [0.1, 0.15) is 25.7 Å². The summed E-state index contributed by atoms with van der Waals surface area (Å²) < 4.78 is 0. The number of benzene rings is 1. The average Bonchev–Trinajstić information content (AvgIpc) is 2.72. The van der Waals surface area contributed by atoms with Crippen molar-refractivity contribution in [3.8, 4) is 0 Å². The van der Waals surface area contributed by atoms with Crippen LogP contribution >= 0.6 is 0 Å². The summed E-state index contributed by atoms with van der Waals surface area (Å²) in [5.74, 6) is 0.663. The molecule has 2 heterocycles. The summed E-state index contributed by atoms with van der Waals surface area (Å²) in [4.78, 5) is 28.5. The Hall–Kier alpha value is -2.08. The summed E-state index contributed by atoms with van der Waals surface area (Å²) in [6.45, 7) is 5.31. The van der Waals surface area contributed by atoms with Crippen molar-refractivity contribution in [3.63, 3.8) is 0 Å². The van der Waals surface area contributed by atoms with Crippen LogP contribution < -0.4 is 15.5 Å². The van der Waals surface area contributed by atoms with Crippen LogP contribution in [-0.2, 0) is 9.59 Å². The molecule has 1 aromatic rings. The van der Waals surface area contributed by atoms with Crippen molar-refractivity contribution >= 4 is 17.5 Å². The molecule has 26 heavy (non-hydrogen) atoms. The van der Waals surface area contributed by atoms with Crippen molar-refractivity contribution in [1.29, 1.82) is 0 Å². The highest BCUT2D eigenvalue weighted by atomic mass is 16.2. The number of hydrogen-bond donors (Lipinski definition) is 2. The molecule has 2 amide bonds. The Kier molecular flexibility index (Phi) is 6.89. The molecule has 2 aliphatic rings. The second-order valence-electron chi connectivity index (χ2n) is 7.21. The van der Waals surface area contributed by atoms with Gasteiger partial charge in [0.25, 0.3) is 0 Å². The van der Waals surface area contributed by atoms with Gasteiger partial charge in [-0.1, -0.05) is 18.2 Å². The fourth-order valence-electron chi connectivity index (χ4n) is 3.73. The highest BCUT2D eigenvalue weighted by molar-refractivity contribution is 5.84. The molecule has 2 saturated heterocycles. The third-order valence-corrected chi connectivity index (χ3v) is 5.43. The fourth-order valence-corrected chi connectivity index (χ4v) is 3.73. The van der Waals surface area contributed by atoms with Gasteiger partial charge in [-0.15, -0.1) is 0 Å². The molecule has 142 valence electrons. The zero-order valence-electron chi connectivity index (χ0n) is 15.5. The van der Waals surface area contributed by atoms with E-state index >= 15 is 0 Å². The van der Waals surface area contributed by atoms with Crippen LogP contribution in [0.2, 0.25) is 0 Å². The molecular formula is C20H30N4O2. The first-order chi connectivity index (χ1) is 12.7. The number of piperazine rings is 1. The molecule has 6 nitrogen and oxygen atoms in total. The molecule has 2 aliphatic heterocycles. The Morgan fingerprint density at radius 1 is 1.04 bits per heavy atom. The van der Waals surface area contributed by atoms with Gasteiger partial charge in [-0.25, -0.2) is 0 Å². The normalized spacial score (nSPS) is 18.6. The Morgan fingerprint density at radius 2 is 1.73 bits per heavy atom. The summed E-state index contributed by atoms with van der Waals surface area (Å²) in [5, 5.41) is 6.14. The van der Waals surface area contributed by atoms with Gasteiger partial charge in [0.1, 0.15) is 0 Å². The second-order valence-corrected chi connectivity index (χ2v) is 7.21. The zero-order chi connectivity index (χ0) is 18.2. The lowest BCUT2D eigenvalue weighted by Crippen LogP contribution is -2.51. The number of para-hydroxylation sites is 1. The predicted octanol–water partition coefficient (Wildman–Crippen LogP) is 1.23. The SMILES string of the molecule is O=C(CCC1CCNCC1)NCC(=O)N1CCN(c2ccccc2)CC1. The monoisotopic (exact) mass is 358 g/mol. The molecule has 3 rings (SSSR count). The van der Waals surface area contributed by atoms with Crippen LogP contribution in [-0.4, -0.2) is 62.5 Å². The molecule has 2 N–H and O–H groups in total. The lowest BCUT2D eigenvalue weighted by atomic mass is 9.93. The number of carbonyl (C=O) groups excluding carboxylic acids is 2. The molecule has 2 fully saturated rings. The van der Waals surface area contributed by atoms with E-state index in [1.54, 1.807) is 0 Å². The lowest BCUT2D eigenvalue weighted by Gasteiger charge is -2.36. The van der Waals surface area contributed by atoms with Gasteiger partial charge in [0.2, 0.25) is 11.8 Å². The molecule has 0 saturated carbocycles. The Morgan fingerprint density at radius 3 is 2.42 bits per heavy atom. The van der Waals surface area contributed by atoms with Gasteiger partial charge in [-0.2, -0.15) is 0 Å². The number of anilines is 1. The van der Waals surface area contributed by atoms with E-state index in [1.807, 2.05) is 23.1 Å². The van der Waals surface area contributed by atoms with E-state index in [0.29, 0.717) is 25.4 Å². The Labute approximate surface area is 155 Å². The van der Waals surface area contributed by atoms with Crippen LogP contribution in [0.3, 0.4) is 0 Å². The highest BCUT2D eigenvalue weighted by Gasteiger charge is 2.21. The highest BCUT2D eigenvalue weighted by Crippen LogP contribution is 2.17. The Balaban J connectivity index is 1.33. The smallest absolute Gasteiger partial charge is 0.242 e. The van der Waals surface area contributed by atoms with Gasteiger partial charge in [-0.3, -0.25) is 9.59 Å². The molecule has 6 heteroatoms. The summed E-state index contributed by atoms with van der Waals surface area (Å²) in [6.07, 6.45) is 3.76. The van der Waals surface area contributed by atoms with E-state index < -0.39 is 0 Å². The van der Waals surface area contributed by atoms with Gasteiger partial charge in [0, 0.05) is 38.3 Å². The third kappa shape index (κ3) is 5.46. The third-order valence-electron chi connectivity index (χ3n) is 5.43. The van der Waals surface area contributed by atoms with Crippen molar-refractivity contribution in [3.05, 3.63) is 30.3 Å². The molecule has 1 aromatic carbocycles. The minimum atomic E-state index is -0.000181. The zero-order valence-corrected chi connectivity index (χ0v) is 15.5. The van der Waals surface area contributed by atoms with Gasteiger partial charge < -0.3 is 20.4 Å². The number of hydrogen-bond acceptors (Lipinski definition) is 4. The van der Waals surface area contributed by atoms with Crippen LogP contribution in [0.15, 0.2) is 30.3 Å². The van der Waals surface area contributed by atoms with E-state index in [0.717, 1.165) is 45.4 Å². The van der Waals surface area contributed by atoms with Crippen molar-refractivity contribution in [2.75, 3.05) is 50.7 Å². The topological polar surface area (TPSA) is 64.7 Å². The van der Waals surface area contributed by atoms with Gasteiger partial charge in [0.15, 0.2) is 0 Å². The van der Waals surface area contributed by atoms with Crippen molar-refractivity contribution in [2.45, 2.75) is 25.7 Å². The lowest BCUT2D eigenvalue weighted by molar-refractivity contribution is -0.133. The molecule has 0 bridgehead atoms. The van der Waals surface area contributed by atoms with E-state index in [4.69, 9.17) is 0 Å². The summed E-state index contributed by atoms with van der Waals surface area (Å²) in [7, 11) is 0. The molecule has 0 radical (unpaired) electrons. The molecule has 0 aromatic heterocycles. The van der Waals surface area contributed by atoms with Crippen LogP contribution in [0, 0.1) is 5.92 Å². The molecular weight excluding hydrogens is 328 g/mol. The average molecular weight is 358 g/mol. The Bertz CT molecular complexity index is 579. The number of rotatable bonds is 6. The summed E-state index contributed by atoms with van der Waals surface area (Å²) in [5.41, 5.74) is 1.20. The van der Waals surface area contributed by atoms with E-state index in [2.05, 4.69) is 27.7 Å². The number of nitrogens with zero attached hydrogens (tertiary/aromatic N) is 2. The quantitative estimate of drug-likeness (QED) is 0.803. The standard InChI is InChI=1S/C20H30N4O2/c25-19(7-6-17-8-10-21-11-9-17)22-16-20(26)24-14-12-23(13-15-24)18-4-2-1-3-5-18/h1-5,17,21H,6-16H2,(H,22,25). The minimum absolute atomic E-state index is 0.000181. The molecule has 0 atom stereocenters. The second kappa shape index (κ2) is 9.57. The molecule has 0 aliphatic carbocycles. The number of carbonyl (C=O) groups is 2. The van der Waals surface area contributed by atoms with Gasteiger partial charge in [0.05, 0.1) is 6.54 Å². The van der Waals surface area contributed by atoms with Crippen molar-refractivity contribution in [1.82, 2.24) is 15.5 Å². The summed E-state index contributed by atoms with van der Waals surface area (Å²) in [6, 6.07) is 10.3. The van der Waals surface area contributed by atoms with Crippen LogP contribution in [0.25, 0.3) is 0 Å². The predicted molar refractivity (Wildman–Crippen MR) is 103 cm³/mol. The first-order valence-electron chi connectivity index (χ1n) is 9.77. The maximum atomic E-state index is 12.3. The van der Waals surface area contributed by atoms with E-state index in [9.17, 15) is 9.59 Å². The number of amides is 2. The van der Waals surface area contributed by atoms with Gasteiger partial charge in [-0.05, 0) is 50.4 Å². The van der Waals surface area contributed by atoms with E-state index in [1.165, 1.54) is 5.69 Å². The summed E-state index contributed by atoms with van der Waals surface area (Å²) >= 11 is 0. The maximum absolute atomic E-state index is 12.3. The maximum Gasteiger partial charge on any atom is 0.242 e. The molecule has 0 unspecified atom stereocenters. The van der Waals surface area contributed by atoms with Crippen LogP contribution in [0.4, 0.5) is 5.69 Å². The van der Waals surface area contributed by atoms with Crippen LogP contribution in [0.5, 0.6) is 0 Å². The van der Waals surface area contributed by atoms with Crippen molar-refractivity contribution in [2.24, 2.45) is 5.92 Å². The van der Waals surface area contributed by atoms with Gasteiger partial charge >= 0.3 is 0 Å². The molecule has 0 spiro atoms. The van der Waals surface area contributed by atoms with Crippen molar-refractivity contribution < 1.29 is 9.59 Å². The van der Waals surface area contributed by atoms with E-state index in [-0.39, 0.29) is 18.4 Å². The largest absolute Gasteiger partial charge is 0.368 e.